The molecule has 0 aromatic carbocycles. The van der Waals surface area contributed by atoms with Gasteiger partial charge < -0.3 is 15.5 Å². The average Bonchev–Trinajstić information content (AvgIpc) is 2.33. The van der Waals surface area contributed by atoms with Crippen molar-refractivity contribution in [2.75, 3.05) is 13.1 Å². The van der Waals surface area contributed by atoms with Crippen LogP contribution in [0, 0.1) is 5.92 Å². The molecule has 1 aliphatic rings. The van der Waals surface area contributed by atoms with Crippen LogP contribution in [-0.4, -0.2) is 34.5 Å². The Morgan fingerprint density at radius 2 is 1.76 bits per heavy atom. The molecule has 0 unspecified atom stereocenters. The predicted molar refractivity (Wildman–Crippen MR) is 71.0 cm³/mol. The zero-order chi connectivity index (χ0) is 12.9. The quantitative estimate of drug-likeness (QED) is 0.669. The van der Waals surface area contributed by atoms with Crippen LogP contribution in [0.4, 0.5) is 0 Å². The molecular formula is C14H29NO2. The van der Waals surface area contributed by atoms with Crippen molar-refractivity contribution in [3.8, 4) is 0 Å². The van der Waals surface area contributed by atoms with Crippen molar-refractivity contribution in [2.24, 2.45) is 5.92 Å². The standard InChI is InChI=1S/C14H29NO2/c1-4-13(16,5-2)10-15-11-14(17)8-6-12(3)7-9-14/h12,15-17H,4-11H2,1-3H3. The third-order valence-corrected chi connectivity index (χ3v) is 4.43. The lowest BCUT2D eigenvalue weighted by Crippen LogP contribution is -2.48. The van der Waals surface area contributed by atoms with Gasteiger partial charge in [-0.2, -0.15) is 0 Å². The topological polar surface area (TPSA) is 52.5 Å². The molecule has 1 aliphatic carbocycles. The van der Waals surface area contributed by atoms with Crippen LogP contribution in [0.1, 0.15) is 59.3 Å². The molecule has 17 heavy (non-hydrogen) atoms. The molecule has 0 aromatic heterocycles. The lowest BCUT2D eigenvalue weighted by molar-refractivity contribution is -0.0168. The van der Waals surface area contributed by atoms with Gasteiger partial charge in [-0.3, -0.25) is 0 Å². The van der Waals surface area contributed by atoms with Crippen molar-refractivity contribution in [1.82, 2.24) is 5.32 Å². The maximum Gasteiger partial charge on any atom is 0.0771 e. The van der Waals surface area contributed by atoms with Crippen LogP contribution in [0.3, 0.4) is 0 Å². The van der Waals surface area contributed by atoms with Crippen LogP contribution >= 0.6 is 0 Å². The second-order valence-corrected chi connectivity index (χ2v) is 5.94. The second-order valence-electron chi connectivity index (χ2n) is 5.94. The van der Waals surface area contributed by atoms with E-state index < -0.39 is 11.2 Å². The third kappa shape index (κ3) is 4.57. The lowest BCUT2D eigenvalue weighted by Gasteiger charge is -2.36. The van der Waals surface area contributed by atoms with Crippen LogP contribution in [-0.2, 0) is 0 Å². The summed E-state index contributed by atoms with van der Waals surface area (Å²) in [5, 5.41) is 23.8. The number of aliphatic hydroxyl groups is 2. The van der Waals surface area contributed by atoms with E-state index in [-0.39, 0.29) is 0 Å². The van der Waals surface area contributed by atoms with Crippen molar-refractivity contribution in [1.29, 1.82) is 0 Å². The van der Waals surface area contributed by atoms with Gasteiger partial charge in [-0.05, 0) is 44.4 Å². The zero-order valence-corrected chi connectivity index (χ0v) is 11.6. The highest BCUT2D eigenvalue weighted by Gasteiger charge is 2.32. The minimum Gasteiger partial charge on any atom is -0.389 e. The Hall–Kier alpha value is -0.120. The van der Waals surface area contributed by atoms with E-state index in [1.165, 1.54) is 0 Å². The molecule has 0 heterocycles. The Labute approximate surface area is 106 Å². The van der Waals surface area contributed by atoms with Crippen LogP contribution in [0.25, 0.3) is 0 Å². The normalized spacial score (nSPS) is 30.5. The first-order valence-electron chi connectivity index (χ1n) is 7.08. The van der Waals surface area contributed by atoms with E-state index in [4.69, 9.17) is 0 Å². The highest BCUT2D eigenvalue weighted by atomic mass is 16.3. The molecule has 0 atom stereocenters. The molecule has 0 bridgehead atoms. The molecule has 0 aliphatic heterocycles. The Balaban J connectivity index is 2.30. The Bertz CT molecular complexity index is 218. The summed E-state index contributed by atoms with van der Waals surface area (Å²) in [6.45, 7) is 7.45. The van der Waals surface area contributed by atoms with E-state index in [0.717, 1.165) is 44.4 Å². The molecule has 0 aromatic rings. The smallest absolute Gasteiger partial charge is 0.0771 e. The van der Waals surface area contributed by atoms with Gasteiger partial charge in [0.15, 0.2) is 0 Å². The van der Waals surface area contributed by atoms with E-state index in [1.807, 2.05) is 13.8 Å². The molecule has 1 fully saturated rings. The summed E-state index contributed by atoms with van der Waals surface area (Å²) in [6.07, 6.45) is 5.52. The average molecular weight is 243 g/mol. The maximum atomic E-state index is 10.4. The predicted octanol–water partition coefficient (Wildman–Crippen LogP) is 2.07. The molecule has 0 spiro atoms. The molecule has 0 saturated heterocycles. The van der Waals surface area contributed by atoms with Gasteiger partial charge in [-0.25, -0.2) is 0 Å². The number of hydrogen-bond donors (Lipinski definition) is 3. The molecule has 3 N–H and O–H groups in total. The summed E-state index contributed by atoms with van der Waals surface area (Å²) in [5.74, 6) is 0.749. The van der Waals surface area contributed by atoms with Crippen LogP contribution in [0.15, 0.2) is 0 Å². The fraction of sp³-hybridized carbons (Fsp3) is 1.00. The van der Waals surface area contributed by atoms with Gasteiger partial charge >= 0.3 is 0 Å². The van der Waals surface area contributed by atoms with Gasteiger partial charge in [0.2, 0.25) is 0 Å². The van der Waals surface area contributed by atoms with Gasteiger partial charge in [-0.1, -0.05) is 20.8 Å². The largest absolute Gasteiger partial charge is 0.389 e. The Morgan fingerprint density at radius 1 is 1.24 bits per heavy atom. The minimum absolute atomic E-state index is 0.547. The van der Waals surface area contributed by atoms with E-state index in [0.29, 0.717) is 13.1 Å². The van der Waals surface area contributed by atoms with Crippen LogP contribution in [0.2, 0.25) is 0 Å². The fourth-order valence-corrected chi connectivity index (χ4v) is 2.50. The fourth-order valence-electron chi connectivity index (χ4n) is 2.50. The summed E-state index contributed by atoms with van der Waals surface area (Å²) in [6, 6.07) is 0. The van der Waals surface area contributed by atoms with Crippen molar-refractivity contribution in [2.45, 2.75) is 70.5 Å². The summed E-state index contributed by atoms with van der Waals surface area (Å²) in [7, 11) is 0. The lowest BCUT2D eigenvalue weighted by atomic mass is 9.79. The third-order valence-electron chi connectivity index (χ3n) is 4.43. The van der Waals surface area contributed by atoms with Crippen molar-refractivity contribution in [3.05, 3.63) is 0 Å². The van der Waals surface area contributed by atoms with E-state index >= 15 is 0 Å². The van der Waals surface area contributed by atoms with E-state index in [1.54, 1.807) is 0 Å². The van der Waals surface area contributed by atoms with Crippen LogP contribution in [0.5, 0.6) is 0 Å². The molecule has 102 valence electrons. The molecular weight excluding hydrogens is 214 g/mol. The van der Waals surface area contributed by atoms with Gasteiger partial charge in [0.25, 0.3) is 0 Å². The van der Waals surface area contributed by atoms with Crippen molar-refractivity contribution >= 4 is 0 Å². The van der Waals surface area contributed by atoms with Gasteiger partial charge in [0.1, 0.15) is 0 Å². The molecule has 1 saturated carbocycles. The van der Waals surface area contributed by atoms with E-state index in [9.17, 15) is 10.2 Å². The van der Waals surface area contributed by atoms with Crippen molar-refractivity contribution < 1.29 is 10.2 Å². The first-order chi connectivity index (χ1) is 7.93. The van der Waals surface area contributed by atoms with Gasteiger partial charge in [0, 0.05) is 13.1 Å². The van der Waals surface area contributed by atoms with Gasteiger partial charge in [0.05, 0.1) is 11.2 Å². The first kappa shape index (κ1) is 14.9. The van der Waals surface area contributed by atoms with Crippen LogP contribution < -0.4 is 5.32 Å². The highest BCUT2D eigenvalue weighted by Crippen LogP contribution is 2.31. The van der Waals surface area contributed by atoms with Gasteiger partial charge in [-0.15, -0.1) is 0 Å². The minimum atomic E-state index is -0.613. The monoisotopic (exact) mass is 243 g/mol. The number of rotatable bonds is 6. The second kappa shape index (κ2) is 6.17. The summed E-state index contributed by atoms with van der Waals surface area (Å²) in [5.41, 5.74) is -1.16. The molecule has 3 heteroatoms. The van der Waals surface area contributed by atoms with E-state index in [2.05, 4.69) is 12.2 Å². The highest BCUT2D eigenvalue weighted by molar-refractivity contribution is 4.88. The first-order valence-corrected chi connectivity index (χ1v) is 7.08. The molecule has 1 rings (SSSR count). The summed E-state index contributed by atoms with van der Waals surface area (Å²) < 4.78 is 0. The summed E-state index contributed by atoms with van der Waals surface area (Å²) >= 11 is 0. The number of nitrogens with one attached hydrogen (secondary N) is 1. The maximum absolute atomic E-state index is 10.4. The molecule has 0 radical (unpaired) electrons. The zero-order valence-electron chi connectivity index (χ0n) is 11.6. The Kier molecular flexibility index (Phi) is 5.42. The van der Waals surface area contributed by atoms with Crippen molar-refractivity contribution in [3.63, 3.8) is 0 Å². The number of hydrogen-bond acceptors (Lipinski definition) is 3. The molecule has 3 nitrogen and oxygen atoms in total. The molecule has 0 amide bonds. The SMILES string of the molecule is CCC(O)(CC)CNCC1(O)CCC(C)CC1. The Morgan fingerprint density at radius 3 is 2.24 bits per heavy atom. The summed E-state index contributed by atoms with van der Waals surface area (Å²) in [4.78, 5) is 0.